The minimum atomic E-state index is -1.66. The van der Waals surface area contributed by atoms with Gasteiger partial charge in [-0.1, -0.05) is 45.9 Å². The number of nitrogens with zero attached hydrogens (tertiary/aromatic N) is 1. The summed E-state index contributed by atoms with van der Waals surface area (Å²) in [6, 6.07) is 0. The number of hydrogen-bond donors (Lipinski definition) is 0. The van der Waals surface area contributed by atoms with Gasteiger partial charge in [-0.05, 0) is 13.8 Å². The fraction of sp³-hybridized carbons (Fsp3) is 0.667. The van der Waals surface area contributed by atoms with Crippen LogP contribution in [0.5, 0.6) is 0 Å². The Morgan fingerprint density at radius 1 is 1.41 bits per heavy atom. The molecule has 8 heteroatoms. The molecule has 98 valence electrons. The minimum absolute atomic E-state index is 0.275. The molecule has 0 aliphatic carbocycles. The van der Waals surface area contributed by atoms with E-state index in [1.165, 1.54) is 0 Å². The molecule has 4 nitrogen and oxygen atoms in total. The van der Waals surface area contributed by atoms with Gasteiger partial charge in [0.2, 0.25) is 3.79 Å². The second kappa shape index (κ2) is 5.78. The summed E-state index contributed by atoms with van der Waals surface area (Å²) >= 11 is 16.4. The molecule has 1 aliphatic heterocycles. The highest BCUT2D eigenvalue weighted by atomic mass is 35.6. The molecule has 0 aromatic heterocycles. The molecule has 1 rings (SSSR count). The summed E-state index contributed by atoms with van der Waals surface area (Å²) < 4.78 is 16.0. The molecule has 0 spiro atoms. The largest absolute Gasteiger partial charge is 0.444 e. The Morgan fingerprint density at radius 3 is 2.53 bits per heavy atom. The Kier molecular flexibility index (Phi) is 5.13. The zero-order valence-electron chi connectivity index (χ0n) is 9.34. The highest BCUT2D eigenvalue weighted by Gasteiger charge is 2.29. The van der Waals surface area contributed by atoms with Crippen molar-refractivity contribution in [3.8, 4) is 0 Å². The van der Waals surface area contributed by atoms with Crippen LogP contribution in [0.25, 0.3) is 0 Å². The molecule has 0 saturated heterocycles. The van der Waals surface area contributed by atoms with Gasteiger partial charge in [0.15, 0.2) is 0 Å². The van der Waals surface area contributed by atoms with Crippen LogP contribution in [0.2, 0.25) is 0 Å². The second-order valence-corrected chi connectivity index (χ2v) is 7.62. The molecule has 1 aliphatic rings. The summed E-state index contributed by atoms with van der Waals surface area (Å²) in [7, 11) is -1.42. The number of halogens is 3. The molecular weight excluding hydrogens is 309 g/mol. The molecule has 17 heavy (non-hydrogen) atoms. The van der Waals surface area contributed by atoms with Crippen LogP contribution >= 0.6 is 34.8 Å². The van der Waals surface area contributed by atoms with Gasteiger partial charge < -0.3 is 4.74 Å². The Hall–Kier alpha value is 0.0300. The number of alkyl halides is 3. The third-order valence-electron chi connectivity index (χ3n) is 2.26. The molecule has 0 aromatic carbocycles. The SMILES string of the molecule is CC1=C(C)CS(=O)N(C(=O)OCC(Cl)(Cl)Cl)C1. The van der Waals surface area contributed by atoms with Gasteiger partial charge in [-0.25, -0.2) is 13.3 Å². The fourth-order valence-electron chi connectivity index (χ4n) is 1.17. The topological polar surface area (TPSA) is 46.6 Å². The second-order valence-electron chi connectivity index (χ2n) is 3.73. The Labute approximate surface area is 117 Å². The Balaban J connectivity index is 2.62. The standard InChI is InChI=1S/C9H12Cl3NO3S/c1-6-3-13(17(15)4-7(6)2)8(14)16-5-9(10,11)12/h3-5H2,1-2H3. The molecule has 0 fully saturated rings. The van der Waals surface area contributed by atoms with E-state index in [0.717, 1.165) is 15.5 Å². The van der Waals surface area contributed by atoms with E-state index in [9.17, 15) is 9.00 Å². The smallest absolute Gasteiger partial charge is 0.422 e. The van der Waals surface area contributed by atoms with Gasteiger partial charge in [-0.15, -0.1) is 0 Å². The van der Waals surface area contributed by atoms with Gasteiger partial charge in [0.05, 0.1) is 12.3 Å². The first-order chi connectivity index (χ1) is 7.70. The zero-order valence-corrected chi connectivity index (χ0v) is 12.4. The highest BCUT2D eigenvalue weighted by molar-refractivity contribution is 7.83. The van der Waals surface area contributed by atoms with E-state index in [1.807, 2.05) is 13.8 Å². The zero-order chi connectivity index (χ0) is 13.2. The van der Waals surface area contributed by atoms with Crippen molar-refractivity contribution in [2.24, 2.45) is 0 Å². The van der Waals surface area contributed by atoms with Crippen LogP contribution in [0.3, 0.4) is 0 Å². The van der Waals surface area contributed by atoms with Crippen molar-refractivity contribution in [1.29, 1.82) is 0 Å². The lowest BCUT2D eigenvalue weighted by Crippen LogP contribution is -2.40. The average molecular weight is 321 g/mol. The summed E-state index contributed by atoms with van der Waals surface area (Å²) in [5, 5.41) is 0. The number of ether oxygens (including phenoxy) is 1. The van der Waals surface area contributed by atoms with E-state index in [-0.39, 0.29) is 13.2 Å². The summed E-state index contributed by atoms with van der Waals surface area (Å²) in [4.78, 5) is 11.6. The molecule has 0 radical (unpaired) electrons. The third kappa shape index (κ3) is 4.66. The highest BCUT2D eigenvalue weighted by Crippen LogP contribution is 2.26. The van der Waals surface area contributed by atoms with Crippen LogP contribution in [0.15, 0.2) is 11.1 Å². The van der Waals surface area contributed by atoms with Crippen LogP contribution < -0.4 is 0 Å². The molecular formula is C9H12Cl3NO3S. The number of amides is 1. The summed E-state index contributed by atoms with van der Waals surface area (Å²) in [6.45, 7) is 3.67. The van der Waals surface area contributed by atoms with Crippen LogP contribution in [-0.4, -0.2) is 37.3 Å². The molecule has 1 amide bonds. The average Bonchev–Trinajstić information content (AvgIpc) is 2.19. The Bertz CT molecular complexity index is 378. The van der Waals surface area contributed by atoms with Gasteiger partial charge in [0, 0.05) is 0 Å². The third-order valence-corrected chi connectivity index (χ3v) is 4.04. The van der Waals surface area contributed by atoms with Crippen molar-refractivity contribution < 1.29 is 13.7 Å². The van der Waals surface area contributed by atoms with E-state index < -0.39 is 20.9 Å². The van der Waals surface area contributed by atoms with Crippen molar-refractivity contribution in [3.63, 3.8) is 0 Å². The molecule has 0 aromatic rings. The van der Waals surface area contributed by atoms with Gasteiger partial charge in [0.25, 0.3) is 0 Å². The maximum absolute atomic E-state index is 11.7. The van der Waals surface area contributed by atoms with Crippen LogP contribution in [0.1, 0.15) is 13.8 Å². The van der Waals surface area contributed by atoms with Crippen molar-refractivity contribution in [2.45, 2.75) is 17.6 Å². The van der Waals surface area contributed by atoms with Crippen molar-refractivity contribution in [1.82, 2.24) is 4.31 Å². The number of carbonyl (C=O) groups is 1. The van der Waals surface area contributed by atoms with Crippen LogP contribution in [-0.2, 0) is 15.7 Å². The van der Waals surface area contributed by atoms with Crippen molar-refractivity contribution >= 4 is 51.9 Å². The van der Waals surface area contributed by atoms with E-state index in [2.05, 4.69) is 0 Å². The lowest BCUT2D eigenvalue weighted by atomic mass is 10.2. The number of hydrogen-bond acceptors (Lipinski definition) is 3. The monoisotopic (exact) mass is 319 g/mol. The molecule has 0 N–H and O–H groups in total. The molecule has 0 saturated carbocycles. The molecule has 1 heterocycles. The fourth-order valence-corrected chi connectivity index (χ4v) is 2.66. The van der Waals surface area contributed by atoms with E-state index >= 15 is 0 Å². The van der Waals surface area contributed by atoms with Crippen molar-refractivity contribution in [3.05, 3.63) is 11.1 Å². The van der Waals surface area contributed by atoms with E-state index in [4.69, 9.17) is 39.5 Å². The normalized spacial score (nSPS) is 21.7. The van der Waals surface area contributed by atoms with Gasteiger partial charge in [-0.2, -0.15) is 0 Å². The lowest BCUT2D eigenvalue weighted by Gasteiger charge is -2.27. The van der Waals surface area contributed by atoms with E-state index in [1.54, 1.807) is 0 Å². The maximum atomic E-state index is 11.7. The first-order valence-corrected chi connectivity index (χ1v) is 7.16. The summed E-state index contributed by atoms with van der Waals surface area (Å²) in [6.07, 6.45) is -0.735. The molecule has 0 bridgehead atoms. The maximum Gasteiger partial charge on any atom is 0.422 e. The summed E-state index contributed by atoms with van der Waals surface area (Å²) in [5.74, 6) is 0.328. The predicted molar refractivity (Wildman–Crippen MR) is 69.7 cm³/mol. The number of carbonyl (C=O) groups excluding carboxylic acids is 1. The van der Waals surface area contributed by atoms with Gasteiger partial charge in [-0.3, -0.25) is 0 Å². The first-order valence-electron chi connectivity index (χ1n) is 4.75. The summed E-state index contributed by atoms with van der Waals surface area (Å²) in [5.41, 5.74) is 2.02. The van der Waals surface area contributed by atoms with Crippen molar-refractivity contribution in [2.75, 3.05) is 18.9 Å². The Morgan fingerprint density at radius 2 is 2.00 bits per heavy atom. The quantitative estimate of drug-likeness (QED) is 0.551. The first kappa shape index (κ1) is 15.1. The van der Waals surface area contributed by atoms with Crippen LogP contribution in [0, 0.1) is 0 Å². The van der Waals surface area contributed by atoms with Gasteiger partial charge in [0.1, 0.15) is 17.6 Å². The minimum Gasteiger partial charge on any atom is -0.444 e. The molecule has 1 unspecified atom stereocenters. The van der Waals surface area contributed by atoms with Crippen LogP contribution in [0.4, 0.5) is 4.79 Å². The predicted octanol–water partition coefficient (Wildman–Crippen LogP) is 2.81. The lowest BCUT2D eigenvalue weighted by molar-refractivity contribution is 0.130. The number of rotatable bonds is 1. The van der Waals surface area contributed by atoms with E-state index in [0.29, 0.717) is 5.75 Å². The van der Waals surface area contributed by atoms with Gasteiger partial charge >= 0.3 is 6.09 Å². The molecule has 1 atom stereocenters.